The van der Waals surface area contributed by atoms with E-state index >= 15 is 0 Å². The summed E-state index contributed by atoms with van der Waals surface area (Å²) in [4.78, 5) is 0. The Bertz CT molecular complexity index is 63.4. The standard InChI is InChI=1S/C4H9O.2CH3.In/c1-4(2,3)5;;;/h1-3H3;2*1H3;/q-1;;;+1. The van der Waals surface area contributed by atoms with Crippen LogP contribution in [0.4, 0.5) is 0 Å². The Morgan fingerprint density at radius 3 is 1.50 bits per heavy atom. The molecule has 0 aromatic heterocycles. The van der Waals surface area contributed by atoms with E-state index in [4.69, 9.17) is 2.85 Å². The van der Waals surface area contributed by atoms with Gasteiger partial charge in [-0.1, -0.05) is 0 Å². The third-order valence-corrected chi connectivity index (χ3v) is 3.95. The maximum absolute atomic E-state index is 5.65. The van der Waals surface area contributed by atoms with Crippen molar-refractivity contribution < 1.29 is 2.85 Å². The number of hydrogen-bond donors (Lipinski definition) is 0. The minimum absolute atomic E-state index is 0.115. The molecule has 0 bridgehead atoms. The zero-order chi connectivity index (χ0) is 6.78. The molecule has 0 saturated carbocycles. The summed E-state index contributed by atoms with van der Waals surface area (Å²) >= 11 is -1.38. The van der Waals surface area contributed by atoms with Crippen LogP contribution in [0.3, 0.4) is 0 Å². The molecule has 0 aromatic carbocycles. The molecule has 48 valence electrons. The molecule has 0 aliphatic heterocycles. The second kappa shape index (κ2) is 3.11. The van der Waals surface area contributed by atoms with Crippen LogP contribution in [0.5, 0.6) is 0 Å². The molecule has 0 aliphatic carbocycles. The molecular formula is C6H15InO. The summed E-state index contributed by atoms with van der Waals surface area (Å²) in [6.07, 6.45) is 0. The molecule has 0 aliphatic rings. The third kappa shape index (κ3) is 6.83. The van der Waals surface area contributed by atoms with Gasteiger partial charge in [-0.2, -0.15) is 0 Å². The molecule has 0 rings (SSSR count). The van der Waals surface area contributed by atoms with Gasteiger partial charge in [0.15, 0.2) is 0 Å². The first kappa shape index (κ1) is 8.83. The van der Waals surface area contributed by atoms with Gasteiger partial charge in [-0.15, -0.1) is 0 Å². The van der Waals surface area contributed by atoms with Gasteiger partial charge in [0.1, 0.15) is 0 Å². The van der Waals surface area contributed by atoms with E-state index in [1.807, 2.05) is 0 Å². The van der Waals surface area contributed by atoms with Crippen LogP contribution in [0.2, 0.25) is 9.36 Å². The first-order valence-electron chi connectivity index (χ1n) is 3.09. The SMILES string of the molecule is [CH3][In]([CH3])[O]C(C)(C)C. The number of rotatable bonds is 1. The van der Waals surface area contributed by atoms with Crippen LogP contribution in [0.25, 0.3) is 0 Å². The Kier molecular flexibility index (Phi) is 3.44. The molecule has 0 heterocycles. The summed E-state index contributed by atoms with van der Waals surface area (Å²) in [5.74, 6) is 0. The Morgan fingerprint density at radius 1 is 1.12 bits per heavy atom. The van der Waals surface area contributed by atoms with Crippen molar-refractivity contribution in [2.75, 3.05) is 0 Å². The van der Waals surface area contributed by atoms with Crippen LogP contribution in [-0.2, 0) is 2.85 Å². The van der Waals surface area contributed by atoms with E-state index in [2.05, 4.69) is 30.1 Å². The summed E-state index contributed by atoms with van der Waals surface area (Å²) < 4.78 is 10.2. The molecule has 0 spiro atoms. The first-order valence-corrected chi connectivity index (χ1v) is 11.0. The molecule has 0 amide bonds. The summed E-state index contributed by atoms with van der Waals surface area (Å²) in [6, 6.07) is 0. The van der Waals surface area contributed by atoms with Crippen LogP contribution in [0, 0.1) is 0 Å². The summed E-state index contributed by atoms with van der Waals surface area (Å²) in [7, 11) is 0. The molecule has 0 fully saturated rings. The number of hydrogen-bond acceptors (Lipinski definition) is 1. The Labute approximate surface area is 60.6 Å². The summed E-state index contributed by atoms with van der Waals surface area (Å²) in [5, 5.41) is 0. The normalized spacial score (nSPS) is 11.6. The van der Waals surface area contributed by atoms with Gasteiger partial charge in [0.05, 0.1) is 0 Å². The van der Waals surface area contributed by atoms with Crippen molar-refractivity contribution in [2.24, 2.45) is 0 Å². The molecule has 0 aromatic rings. The monoisotopic (exact) mass is 218 g/mol. The minimum atomic E-state index is -1.38. The van der Waals surface area contributed by atoms with Crippen molar-refractivity contribution in [3.05, 3.63) is 0 Å². The van der Waals surface area contributed by atoms with Crippen molar-refractivity contribution in [3.8, 4) is 0 Å². The molecule has 0 N–H and O–H groups in total. The van der Waals surface area contributed by atoms with E-state index in [1.54, 1.807) is 0 Å². The van der Waals surface area contributed by atoms with Crippen molar-refractivity contribution >= 4 is 21.9 Å². The molecule has 0 radical (unpaired) electrons. The maximum atomic E-state index is 5.65. The zero-order valence-electron chi connectivity index (χ0n) is 6.49. The molecule has 0 saturated heterocycles. The fourth-order valence-electron chi connectivity index (χ4n) is 0.707. The zero-order valence-corrected chi connectivity index (χ0v) is 9.78. The van der Waals surface area contributed by atoms with Crippen molar-refractivity contribution in [2.45, 2.75) is 35.7 Å². The predicted octanol–water partition coefficient (Wildman–Crippen LogP) is 2.05. The first-order chi connectivity index (χ1) is 3.42. The van der Waals surface area contributed by atoms with Gasteiger partial charge in [-0.3, -0.25) is 0 Å². The summed E-state index contributed by atoms with van der Waals surface area (Å²) in [6.45, 7) is 6.35. The van der Waals surface area contributed by atoms with Crippen LogP contribution >= 0.6 is 0 Å². The van der Waals surface area contributed by atoms with Gasteiger partial charge in [-0.25, -0.2) is 0 Å². The van der Waals surface area contributed by atoms with E-state index in [0.717, 1.165) is 0 Å². The molecular weight excluding hydrogens is 203 g/mol. The topological polar surface area (TPSA) is 9.23 Å². The van der Waals surface area contributed by atoms with Gasteiger partial charge >= 0.3 is 60.5 Å². The molecule has 0 unspecified atom stereocenters. The van der Waals surface area contributed by atoms with Gasteiger partial charge in [0.25, 0.3) is 0 Å². The third-order valence-electron chi connectivity index (χ3n) is 0.589. The molecule has 8 heavy (non-hydrogen) atoms. The van der Waals surface area contributed by atoms with Crippen LogP contribution in [0.15, 0.2) is 0 Å². The Morgan fingerprint density at radius 2 is 1.50 bits per heavy atom. The Balaban J connectivity index is 3.39. The van der Waals surface area contributed by atoms with Crippen LogP contribution in [-0.4, -0.2) is 27.5 Å². The fourth-order valence-corrected chi connectivity index (χ4v) is 4.74. The fraction of sp³-hybridized carbons (Fsp3) is 1.00. The second-order valence-corrected chi connectivity index (χ2v) is 9.94. The predicted molar refractivity (Wildman–Crippen MR) is 38.3 cm³/mol. The van der Waals surface area contributed by atoms with E-state index in [9.17, 15) is 0 Å². The average molecular weight is 218 g/mol. The van der Waals surface area contributed by atoms with E-state index in [1.165, 1.54) is 0 Å². The van der Waals surface area contributed by atoms with Gasteiger partial charge in [-0.05, 0) is 0 Å². The van der Waals surface area contributed by atoms with Crippen molar-refractivity contribution in [1.29, 1.82) is 0 Å². The van der Waals surface area contributed by atoms with Gasteiger partial charge in [0, 0.05) is 0 Å². The van der Waals surface area contributed by atoms with Crippen molar-refractivity contribution in [3.63, 3.8) is 0 Å². The van der Waals surface area contributed by atoms with Gasteiger partial charge in [0.2, 0.25) is 0 Å². The van der Waals surface area contributed by atoms with E-state index in [-0.39, 0.29) is 5.60 Å². The van der Waals surface area contributed by atoms with E-state index < -0.39 is 21.9 Å². The van der Waals surface area contributed by atoms with Crippen LogP contribution in [0.1, 0.15) is 20.8 Å². The summed E-state index contributed by atoms with van der Waals surface area (Å²) in [5.41, 5.74) is 0.115. The van der Waals surface area contributed by atoms with Crippen molar-refractivity contribution in [1.82, 2.24) is 0 Å². The van der Waals surface area contributed by atoms with Gasteiger partial charge < -0.3 is 0 Å². The molecule has 2 heteroatoms. The Hall–Kier alpha value is 0.830. The quantitative estimate of drug-likeness (QED) is 0.654. The second-order valence-electron chi connectivity index (χ2n) is 3.28. The molecule has 1 nitrogen and oxygen atoms in total. The van der Waals surface area contributed by atoms with Crippen LogP contribution < -0.4 is 0 Å². The van der Waals surface area contributed by atoms with E-state index in [0.29, 0.717) is 0 Å². The average Bonchev–Trinajstić information content (AvgIpc) is 1.21. The molecule has 0 atom stereocenters.